The molecule has 1 aromatic rings. The van der Waals surface area contributed by atoms with Gasteiger partial charge in [0.25, 0.3) is 0 Å². The SMILES string of the molecule is Cc1ccc(N=C=O)c(Cl)c1F. The fourth-order valence-corrected chi connectivity index (χ4v) is 1.03. The van der Waals surface area contributed by atoms with Gasteiger partial charge in [-0.15, -0.1) is 0 Å². The monoisotopic (exact) mass is 185 g/mol. The molecular formula is C8H5ClFNO. The minimum Gasteiger partial charge on any atom is -0.211 e. The molecule has 1 aromatic carbocycles. The Kier molecular flexibility index (Phi) is 2.58. The average molecular weight is 186 g/mol. The van der Waals surface area contributed by atoms with Gasteiger partial charge in [0.2, 0.25) is 6.08 Å². The number of isocyanates is 1. The molecule has 0 spiro atoms. The standard InChI is InChI=1S/C8H5ClFNO/c1-5-2-3-6(11-4-12)7(9)8(5)10/h2-3H,1H3. The Balaban J connectivity index is 3.35. The predicted octanol–water partition coefficient (Wildman–Crippen LogP) is 2.75. The van der Waals surface area contributed by atoms with Gasteiger partial charge >= 0.3 is 0 Å². The summed E-state index contributed by atoms with van der Waals surface area (Å²) in [6.45, 7) is 1.58. The topological polar surface area (TPSA) is 29.4 Å². The summed E-state index contributed by atoms with van der Waals surface area (Å²) in [6.07, 6.45) is 1.30. The summed E-state index contributed by atoms with van der Waals surface area (Å²) in [5.41, 5.74) is 0.527. The molecule has 0 radical (unpaired) electrons. The van der Waals surface area contributed by atoms with E-state index in [4.69, 9.17) is 11.6 Å². The van der Waals surface area contributed by atoms with Crippen molar-refractivity contribution in [3.05, 3.63) is 28.5 Å². The highest BCUT2D eigenvalue weighted by molar-refractivity contribution is 6.33. The van der Waals surface area contributed by atoms with Gasteiger partial charge in [-0.1, -0.05) is 17.7 Å². The highest BCUT2D eigenvalue weighted by Crippen LogP contribution is 2.28. The van der Waals surface area contributed by atoms with Crippen LogP contribution < -0.4 is 0 Å². The van der Waals surface area contributed by atoms with E-state index in [1.165, 1.54) is 18.2 Å². The third-order valence-corrected chi connectivity index (χ3v) is 1.78. The van der Waals surface area contributed by atoms with Crippen molar-refractivity contribution in [1.82, 2.24) is 0 Å². The third kappa shape index (κ3) is 1.52. The number of hydrogen-bond acceptors (Lipinski definition) is 2. The number of aliphatic imine (C=N–C) groups is 1. The summed E-state index contributed by atoms with van der Waals surface area (Å²) in [5.74, 6) is -0.548. The van der Waals surface area contributed by atoms with Gasteiger partial charge in [-0.3, -0.25) is 0 Å². The van der Waals surface area contributed by atoms with Crippen LogP contribution in [0.5, 0.6) is 0 Å². The van der Waals surface area contributed by atoms with Gasteiger partial charge in [0.05, 0.1) is 5.69 Å². The first-order valence-electron chi connectivity index (χ1n) is 3.19. The quantitative estimate of drug-likeness (QED) is 0.489. The predicted molar refractivity (Wildman–Crippen MR) is 43.9 cm³/mol. The van der Waals surface area contributed by atoms with Crippen molar-refractivity contribution in [2.45, 2.75) is 6.92 Å². The molecule has 0 heterocycles. The summed E-state index contributed by atoms with van der Waals surface area (Å²) in [6, 6.07) is 2.96. The molecule has 0 aromatic heterocycles. The maximum atomic E-state index is 13.0. The Bertz CT molecular complexity index is 358. The lowest BCUT2D eigenvalue weighted by Crippen LogP contribution is -1.82. The number of hydrogen-bond donors (Lipinski definition) is 0. The minimum absolute atomic E-state index is 0.106. The number of rotatable bonds is 1. The van der Waals surface area contributed by atoms with Crippen LogP contribution in [0.4, 0.5) is 10.1 Å². The molecule has 0 bridgehead atoms. The molecule has 2 nitrogen and oxygen atoms in total. The van der Waals surface area contributed by atoms with E-state index < -0.39 is 5.82 Å². The van der Waals surface area contributed by atoms with Gasteiger partial charge in [0.15, 0.2) is 0 Å². The molecule has 0 saturated carbocycles. The van der Waals surface area contributed by atoms with Crippen LogP contribution in [0, 0.1) is 12.7 Å². The molecule has 0 aliphatic carbocycles. The number of halogens is 2. The minimum atomic E-state index is -0.548. The molecule has 0 atom stereocenters. The highest BCUT2D eigenvalue weighted by atomic mass is 35.5. The molecule has 0 unspecified atom stereocenters. The maximum Gasteiger partial charge on any atom is 0.240 e. The summed E-state index contributed by atoms with van der Waals surface area (Å²) >= 11 is 5.53. The van der Waals surface area contributed by atoms with Crippen LogP contribution >= 0.6 is 11.6 Å². The Labute approximate surface area is 73.7 Å². The van der Waals surface area contributed by atoms with Crippen LogP contribution in [0.15, 0.2) is 17.1 Å². The lowest BCUT2D eigenvalue weighted by molar-refractivity contribution is 0.565. The summed E-state index contributed by atoms with van der Waals surface area (Å²) in [4.78, 5) is 13.1. The van der Waals surface area contributed by atoms with Crippen LogP contribution in [0.1, 0.15) is 5.56 Å². The van der Waals surface area contributed by atoms with Crippen LogP contribution in [-0.4, -0.2) is 6.08 Å². The number of aryl methyl sites for hydroxylation is 1. The molecule has 0 amide bonds. The molecule has 1 rings (SSSR count). The van der Waals surface area contributed by atoms with E-state index in [2.05, 4.69) is 4.99 Å². The van der Waals surface area contributed by atoms with Crippen LogP contribution in [-0.2, 0) is 4.79 Å². The Hall–Kier alpha value is -1.18. The van der Waals surface area contributed by atoms with E-state index in [1.807, 2.05) is 0 Å². The average Bonchev–Trinajstić information content (AvgIpc) is 2.07. The van der Waals surface area contributed by atoms with Crippen molar-refractivity contribution in [2.24, 2.45) is 4.99 Å². The Morgan fingerprint density at radius 1 is 1.58 bits per heavy atom. The van der Waals surface area contributed by atoms with E-state index in [1.54, 1.807) is 6.92 Å². The van der Waals surface area contributed by atoms with Crippen molar-refractivity contribution in [1.29, 1.82) is 0 Å². The van der Waals surface area contributed by atoms with Crippen molar-refractivity contribution < 1.29 is 9.18 Å². The van der Waals surface area contributed by atoms with Crippen molar-refractivity contribution in [2.75, 3.05) is 0 Å². The van der Waals surface area contributed by atoms with Crippen molar-refractivity contribution in [3.8, 4) is 0 Å². The Morgan fingerprint density at radius 2 is 2.25 bits per heavy atom. The first-order chi connectivity index (χ1) is 5.66. The highest BCUT2D eigenvalue weighted by Gasteiger charge is 2.07. The van der Waals surface area contributed by atoms with Crippen LogP contribution in [0.25, 0.3) is 0 Å². The van der Waals surface area contributed by atoms with Crippen molar-refractivity contribution in [3.63, 3.8) is 0 Å². The molecule has 0 aliphatic rings. The second-order valence-corrected chi connectivity index (χ2v) is 2.61. The van der Waals surface area contributed by atoms with Gasteiger partial charge in [-0.05, 0) is 18.6 Å². The van der Waals surface area contributed by atoms with E-state index in [9.17, 15) is 9.18 Å². The number of nitrogens with zero attached hydrogens (tertiary/aromatic N) is 1. The number of carbonyl (C=O) groups excluding carboxylic acids is 1. The van der Waals surface area contributed by atoms with E-state index in [0.29, 0.717) is 5.56 Å². The first kappa shape index (κ1) is 8.91. The molecule has 0 N–H and O–H groups in total. The van der Waals surface area contributed by atoms with E-state index >= 15 is 0 Å². The molecule has 4 heteroatoms. The molecule has 0 saturated heterocycles. The van der Waals surface area contributed by atoms with E-state index in [0.717, 1.165) is 0 Å². The molecule has 12 heavy (non-hydrogen) atoms. The number of benzene rings is 1. The van der Waals surface area contributed by atoms with Gasteiger partial charge in [0, 0.05) is 0 Å². The zero-order chi connectivity index (χ0) is 9.14. The van der Waals surface area contributed by atoms with Gasteiger partial charge in [0.1, 0.15) is 10.8 Å². The fraction of sp³-hybridized carbons (Fsp3) is 0.125. The van der Waals surface area contributed by atoms with E-state index in [-0.39, 0.29) is 10.7 Å². The summed E-state index contributed by atoms with van der Waals surface area (Å²) < 4.78 is 13.0. The van der Waals surface area contributed by atoms with Gasteiger partial charge in [-0.25, -0.2) is 9.18 Å². The van der Waals surface area contributed by atoms with Gasteiger partial charge < -0.3 is 0 Å². The normalized spacial score (nSPS) is 9.25. The summed E-state index contributed by atoms with van der Waals surface area (Å²) in [5, 5.41) is -0.140. The zero-order valence-electron chi connectivity index (χ0n) is 6.27. The molecule has 0 aliphatic heterocycles. The second kappa shape index (κ2) is 3.48. The fourth-order valence-electron chi connectivity index (χ4n) is 0.771. The second-order valence-electron chi connectivity index (χ2n) is 2.23. The molecule has 62 valence electrons. The smallest absolute Gasteiger partial charge is 0.211 e. The first-order valence-corrected chi connectivity index (χ1v) is 3.57. The zero-order valence-corrected chi connectivity index (χ0v) is 7.02. The van der Waals surface area contributed by atoms with Crippen LogP contribution in [0.3, 0.4) is 0 Å². The lowest BCUT2D eigenvalue weighted by atomic mass is 10.2. The summed E-state index contributed by atoms with van der Waals surface area (Å²) in [7, 11) is 0. The van der Waals surface area contributed by atoms with Crippen LogP contribution in [0.2, 0.25) is 5.02 Å². The third-order valence-electron chi connectivity index (χ3n) is 1.42. The lowest BCUT2D eigenvalue weighted by Gasteiger charge is -1.99. The Morgan fingerprint density at radius 3 is 2.83 bits per heavy atom. The maximum absolute atomic E-state index is 13.0. The van der Waals surface area contributed by atoms with Gasteiger partial charge in [-0.2, -0.15) is 4.99 Å². The molecule has 0 fully saturated rings. The largest absolute Gasteiger partial charge is 0.240 e. The molecular weight excluding hydrogens is 181 g/mol. The van der Waals surface area contributed by atoms with Crippen molar-refractivity contribution >= 4 is 23.4 Å².